The zero-order valence-corrected chi connectivity index (χ0v) is 10.7. The quantitative estimate of drug-likeness (QED) is 0.858. The highest BCUT2D eigenvalue weighted by molar-refractivity contribution is 5.87. The topological polar surface area (TPSA) is 75.4 Å². The zero-order valence-electron chi connectivity index (χ0n) is 10.7. The highest BCUT2D eigenvalue weighted by Gasteiger charge is 2.12. The number of aromatic carboxylic acids is 1. The van der Waals surface area contributed by atoms with Crippen molar-refractivity contribution in [3.05, 3.63) is 41.6 Å². The van der Waals surface area contributed by atoms with E-state index in [9.17, 15) is 4.79 Å². The van der Waals surface area contributed by atoms with Crippen LogP contribution < -0.4 is 0 Å². The molecule has 5 heteroatoms. The highest BCUT2D eigenvalue weighted by atomic mass is 16.4. The number of aliphatic hydroxyl groups excluding tert-OH is 1. The van der Waals surface area contributed by atoms with E-state index in [0.717, 1.165) is 29.7 Å². The molecule has 0 fully saturated rings. The van der Waals surface area contributed by atoms with E-state index in [-0.39, 0.29) is 12.3 Å². The monoisotopic (exact) mass is 260 g/mol. The van der Waals surface area contributed by atoms with Gasteiger partial charge in [0.2, 0.25) is 0 Å². The lowest BCUT2D eigenvalue weighted by molar-refractivity contribution is 0.0689. The number of carboxylic acid groups (broad SMARTS) is 1. The Morgan fingerprint density at radius 3 is 2.53 bits per heavy atom. The first-order valence-corrected chi connectivity index (χ1v) is 6.09. The smallest absolute Gasteiger partial charge is 0.356 e. The van der Waals surface area contributed by atoms with E-state index in [1.54, 1.807) is 17.8 Å². The summed E-state index contributed by atoms with van der Waals surface area (Å²) in [6.07, 6.45) is 1.58. The fraction of sp³-hybridized carbons (Fsp3) is 0.286. The molecule has 19 heavy (non-hydrogen) atoms. The molecule has 5 nitrogen and oxygen atoms in total. The predicted octanol–water partition coefficient (Wildman–Crippen LogP) is 1.71. The van der Waals surface area contributed by atoms with Crippen LogP contribution in [-0.2, 0) is 13.5 Å². The molecule has 0 radical (unpaired) electrons. The van der Waals surface area contributed by atoms with E-state index >= 15 is 0 Å². The van der Waals surface area contributed by atoms with E-state index in [4.69, 9.17) is 10.2 Å². The summed E-state index contributed by atoms with van der Waals surface area (Å²) in [5.74, 6) is -1.03. The average molecular weight is 260 g/mol. The molecule has 100 valence electrons. The van der Waals surface area contributed by atoms with Gasteiger partial charge in [0.15, 0.2) is 5.69 Å². The molecule has 0 aliphatic carbocycles. The number of hydrogen-bond donors (Lipinski definition) is 2. The standard InChI is InChI=1S/C14H16N2O3/c1-16-13(9-12(15-16)14(18)19)11-6-4-10(5-7-11)3-2-8-17/h4-7,9,17H,2-3,8H2,1H3,(H,18,19). The Kier molecular flexibility index (Phi) is 3.97. The van der Waals surface area contributed by atoms with Gasteiger partial charge in [-0.15, -0.1) is 0 Å². The number of aromatic nitrogens is 2. The third kappa shape index (κ3) is 3.00. The predicted molar refractivity (Wildman–Crippen MR) is 71.0 cm³/mol. The summed E-state index contributed by atoms with van der Waals surface area (Å²) >= 11 is 0. The molecule has 1 aromatic carbocycles. The van der Waals surface area contributed by atoms with Crippen LogP contribution >= 0.6 is 0 Å². The molecule has 0 amide bonds. The van der Waals surface area contributed by atoms with Crippen molar-refractivity contribution in [2.24, 2.45) is 7.05 Å². The summed E-state index contributed by atoms with van der Waals surface area (Å²) in [7, 11) is 1.72. The minimum atomic E-state index is -1.03. The average Bonchev–Trinajstić information content (AvgIpc) is 2.79. The minimum absolute atomic E-state index is 0.0434. The SMILES string of the molecule is Cn1nc(C(=O)O)cc1-c1ccc(CCCO)cc1. The maximum atomic E-state index is 10.9. The lowest BCUT2D eigenvalue weighted by atomic mass is 10.1. The van der Waals surface area contributed by atoms with Crippen LogP contribution in [0.2, 0.25) is 0 Å². The number of aryl methyl sites for hydroxylation is 2. The molecule has 0 saturated heterocycles. The van der Waals surface area contributed by atoms with Gasteiger partial charge in [-0.2, -0.15) is 5.10 Å². The number of rotatable bonds is 5. The molecule has 1 aromatic heterocycles. The van der Waals surface area contributed by atoms with Gasteiger partial charge < -0.3 is 10.2 Å². The van der Waals surface area contributed by atoms with Crippen molar-refractivity contribution in [2.75, 3.05) is 6.61 Å². The van der Waals surface area contributed by atoms with Gasteiger partial charge in [0, 0.05) is 13.7 Å². The van der Waals surface area contributed by atoms with Crippen molar-refractivity contribution in [1.29, 1.82) is 0 Å². The summed E-state index contributed by atoms with van der Waals surface area (Å²) in [6, 6.07) is 9.41. The van der Waals surface area contributed by atoms with Gasteiger partial charge in [-0.05, 0) is 30.0 Å². The van der Waals surface area contributed by atoms with Crippen LogP contribution in [-0.4, -0.2) is 32.6 Å². The second kappa shape index (κ2) is 5.67. The summed E-state index contributed by atoms with van der Waals surface area (Å²) in [5, 5.41) is 21.6. The van der Waals surface area contributed by atoms with Crippen molar-refractivity contribution in [3.8, 4) is 11.3 Å². The van der Waals surface area contributed by atoms with Crippen LogP contribution in [0.3, 0.4) is 0 Å². The van der Waals surface area contributed by atoms with Gasteiger partial charge >= 0.3 is 5.97 Å². The molecule has 2 aromatic rings. The van der Waals surface area contributed by atoms with E-state index in [1.165, 1.54) is 0 Å². The molecule has 2 N–H and O–H groups in total. The fourth-order valence-electron chi connectivity index (χ4n) is 1.97. The third-order valence-electron chi connectivity index (χ3n) is 2.97. The van der Waals surface area contributed by atoms with Crippen molar-refractivity contribution < 1.29 is 15.0 Å². The van der Waals surface area contributed by atoms with Crippen LogP contribution in [0.15, 0.2) is 30.3 Å². The Balaban J connectivity index is 2.24. The first kappa shape index (κ1) is 13.3. The zero-order chi connectivity index (χ0) is 13.8. The van der Waals surface area contributed by atoms with Crippen molar-refractivity contribution >= 4 is 5.97 Å². The number of hydrogen-bond acceptors (Lipinski definition) is 3. The third-order valence-corrected chi connectivity index (χ3v) is 2.97. The summed E-state index contributed by atoms with van der Waals surface area (Å²) in [4.78, 5) is 10.9. The molecule has 2 rings (SSSR count). The number of aliphatic hydroxyl groups is 1. The molecule has 0 aliphatic heterocycles. The number of benzene rings is 1. The van der Waals surface area contributed by atoms with E-state index < -0.39 is 5.97 Å². The van der Waals surface area contributed by atoms with Gasteiger partial charge in [0.1, 0.15) is 0 Å². The van der Waals surface area contributed by atoms with E-state index in [0.29, 0.717) is 0 Å². The maximum Gasteiger partial charge on any atom is 0.356 e. The van der Waals surface area contributed by atoms with E-state index in [1.807, 2.05) is 24.3 Å². The van der Waals surface area contributed by atoms with Crippen molar-refractivity contribution in [3.63, 3.8) is 0 Å². The van der Waals surface area contributed by atoms with E-state index in [2.05, 4.69) is 5.10 Å². The lowest BCUT2D eigenvalue weighted by Gasteiger charge is -2.04. The highest BCUT2D eigenvalue weighted by Crippen LogP contribution is 2.20. The van der Waals surface area contributed by atoms with Gasteiger partial charge in [-0.25, -0.2) is 4.79 Å². The molecule has 0 aliphatic rings. The Bertz CT molecular complexity index is 573. The van der Waals surface area contributed by atoms with Crippen LogP contribution in [0.5, 0.6) is 0 Å². The normalized spacial score (nSPS) is 10.6. The molecule has 0 spiro atoms. The van der Waals surface area contributed by atoms with Gasteiger partial charge in [-0.3, -0.25) is 4.68 Å². The largest absolute Gasteiger partial charge is 0.476 e. The summed E-state index contributed by atoms with van der Waals surface area (Å²) in [6.45, 7) is 0.186. The van der Waals surface area contributed by atoms with Crippen LogP contribution in [0.25, 0.3) is 11.3 Å². The van der Waals surface area contributed by atoms with Crippen molar-refractivity contribution in [2.45, 2.75) is 12.8 Å². The minimum Gasteiger partial charge on any atom is -0.476 e. The van der Waals surface area contributed by atoms with Gasteiger partial charge in [-0.1, -0.05) is 24.3 Å². The Labute approximate surface area is 111 Å². The maximum absolute atomic E-state index is 10.9. The molecule has 0 saturated carbocycles. The Morgan fingerprint density at radius 1 is 1.32 bits per heavy atom. The number of carboxylic acids is 1. The molecular weight excluding hydrogens is 244 g/mol. The van der Waals surface area contributed by atoms with Crippen LogP contribution in [0.1, 0.15) is 22.5 Å². The second-order valence-corrected chi connectivity index (χ2v) is 4.37. The molecule has 1 heterocycles. The van der Waals surface area contributed by atoms with Crippen molar-refractivity contribution in [1.82, 2.24) is 9.78 Å². The number of nitrogens with zero attached hydrogens (tertiary/aromatic N) is 2. The van der Waals surface area contributed by atoms with Gasteiger partial charge in [0.25, 0.3) is 0 Å². The molecule has 0 unspecified atom stereocenters. The Hall–Kier alpha value is -2.14. The molecular formula is C14H16N2O3. The first-order valence-electron chi connectivity index (χ1n) is 6.09. The van der Waals surface area contributed by atoms with Crippen LogP contribution in [0, 0.1) is 0 Å². The summed E-state index contributed by atoms with van der Waals surface area (Å²) < 4.78 is 1.56. The second-order valence-electron chi connectivity index (χ2n) is 4.37. The first-order chi connectivity index (χ1) is 9.11. The number of carbonyl (C=O) groups is 1. The lowest BCUT2D eigenvalue weighted by Crippen LogP contribution is -1.99. The summed E-state index contributed by atoms with van der Waals surface area (Å²) in [5.41, 5.74) is 2.89. The molecule has 0 atom stereocenters. The Morgan fingerprint density at radius 2 is 2.00 bits per heavy atom. The fourth-order valence-corrected chi connectivity index (χ4v) is 1.97. The van der Waals surface area contributed by atoms with Crippen LogP contribution in [0.4, 0.5) is 0 Å². The van der Waals surface area contributed by atoms with Gasteiger partial charge in [0.05, 0.1) is 5.69 Å². The molecule has 0 bridgehead atoms.